The molecule has 3 aromatic rings. The van der Waals surface area contributed by atoms with Crippen molar-refractivity contribution in [2.75, 3.05) is 18.1 Å². The van der Waals surface area contributed by atoms with Crippen molar-refractivity contribution in [1.29, 1.82) is 0 Å². The zero-order valence-electron chi connectivity index (χ0n) is 20.6. The summed E-state index contributed by atoms with van der Waals surface area (Å²) in [5.41, 5.74) is 1.47. The van der Waals surface area contributed by atoms with Crippen LogP contribution in [0.15, 0.2) is 70.7 Å². The normalized spacial score (nSPS) is 14.5. The van der Waals surface area contributed by atoms with Crippen molar-refractivity contribution in [2.45, 2.75) is 20.5 Å². The fourth-order valence-electron chi connectivity index (χ4n) is 3.72. The predicted octanol–water partition coefficient (Wildman–Crippen LogP) is 6.15. The molecule has 0 saturated carbocycles. The van der Waals surface area contributed by atoms with Gasteiger partial charge in [0, 0.05) is 4.47 Å². The first kappa shape index (κ1) is 27.2. The number of hydrogen-bond donors (Lipinski definition) is 1. The third kappa shape index (κ3) is 6.17. The molecule has 1 aliphatic rings. The monoisotopic (exact) mass is 598 g/mol. The Kier molecular flexibility index (Phi) is 8.70. The Hall–Kier alpha value is -3.82. The number of barbiturate groups is 1. The molecule has 1 N–H and O–H groups in total. The minimum absolute atomic E-state index is 0.233. The van der Waals surface area contributed by atoms with Gasteiger partial charge >= 0.3 is 6.03 Å². The highest BCUT2D eigenvalue weighted by molar-refractivity contribution is 9.10. The molecule has 1 aliphatic heterocycles. The maximum absolute atomic E-state index is 13.3. The van der Waals surface area contributed by atoms with Crippen LogP contribution >= 0.6 is 27.5 Å². The van der Waals surface area contributed by atoms with Crippen molar-refractivity contribution in [1.82, 2.24) is 5.32 Å². The van der Waals surface area contributed by atoms with Crippen LogP contribution in [-0.4, -0.2) is 31.1 Å². The van der Waals surface area contributed by atoms with E-state index in [9.17, 15) is 14.4 Å². The van der Waals surface area contributed by atoms with Gasteiger partial charge in [-0.25, -0.2) is 9.69 Å². The van der Waals surface area contributed by atoms with Crippen molar-refractivity contribution in [3.05, 3.63) is 86.9 Å². The number of nitrogens with one attached hydrogen (secondary N) is 1. The van der Waals surface area contributed by atoms with Crippen molar-refractivity contribution >= 4 is 57.1 Å². The van der Waals surface area contributed by atoms with Crippen LogP contribution in [0.3, 0.4) is 0 Å². The van der Waals surface area contributed by atoms with Crippen LogP contribution in [0, 0.1) is 0 Å². The van der Waals surface area contributed by atoms with Crippen LogP contribution in [0.2, 0.25) is 5.02 Å². The van der Waals surface area contributed by atoms with Gasteiger partial charge in [0.1, 0.15) is 17.9 Å². The summed E-state index contributed by atoms with van der Waals surface area (Å²) in [5, 5.41) is 2.48. The third-order valence-corrected chi connectivity index (χ3v) is 6.26. The summed E-state index contributed by atoms with van der Waals surface area (Å²) in [7, 11) is 0. The lowest BCUT2D eigenvalue weighted by molar-refractivity contribution is -0.122. The molecule has 0 atom stereocenters. The average molecular weight is 600 g/mol. The molecule has 10 heteroatoms. The average Bonchev–Trinajstić information content (AvgIpc) is 2.89. The van der Waals surface area contributed by atoms with Gasteiger partial charge in [-0.3, -0.25) is 14.9 Å². The first-order valence-electron chi connectivity index (χ1n) is 11.8. The number of ether oxygens (including phenoxy) is 3. The van der Waals surface area contributed by atoms with Crippen LogP contribution in [0.25, 0.3) is 6.08 Å². The van der Waals surface area contributed by atoms with Gasteiger partial charge in [-0.05, 0) is 79.6 Å². The summed E-state index contributed by atoms with van der Waals surface area (Å²) in [6, 6.07) is 16.5. The van der Waals surface area contributed by atoms with Crippen molar-refractivity contribution in [2.24, 2.45) is 0 Å². The predicted molar refractivity (Wildman–Crippen MR) is 148 cm³/mol. The maximum atomic E-state index is 13.3. The zero-order valence-corrected chi connectivity index (χ0v) is 23.0. The number of anilines is 1. The van der Waals surface area contributed by atoms with Crippen LogP contribution < -0.4 is 24.4 Å². The largest absolute Gasteiger partial charge is 0.490 e. The van der Waals surface area contributed by atoms with E-state index in [1.165, 1.54) is 6.08 Å². The molecule has 1 saturated heterocycles. The molecule has 196 valence electrons. The van der Waals surface area contributed by atoms with Gasteiger partial charge in [-0.15, -0.1) is 0 Å². The molecule has 0 unspecified atom stereocenters. The van der Waals surface area contributed by atoms with Gasteiger partial charge in [-0.2, -0.15) is 0 Å². The van der Waals surface area contributed by atoms with E-state index in [0.29, 0.717) is 42.6 Å². The lowest BCUT2D eigenvalue weighted by atomic mass is 10.1. The molecule has 4 rings (SSSR count). The Bertz CT molecular complexity index is 1390. The van der Waals surface area contributed by atoms with Crippen molar-refractivity contribution in [3.8, 4) is 17.2 Å². The van der Waals surface area contributed by atoms with E-state index in [-0.39, 0.29) is 16.3 Å². The molecule has 4 amide bonds. The smallest absolute Gasteiger partial charge is 0.335 e. The van der Waals surface area contributed by atoms with Gasteiger partial charge in [0.05, 0.1) is 23.9 Å². The number of hydrogen-bond acceptors (Lipinski definition) is 6. The molecule has 8 nitrogen and oxygen atoms in total. The highest BCUT2D eigenvalue weighted by atomic mass is 79.9. The third-order valence-electron chi connectivity index (χ3n) is 5.45. The number of urea groups is 1. The van der Waals surface area contributed by atoms with Gasteiger partial charge in [-0.1, -0.05) is 39.7 Å². The summed E-state index contributed by atoms with van der Waals surface area (Å²) in [6.07, 6.45) is 1.36. The summed E-state index contributed by atoms with van der Waals surface area (Å²) in [6.45, 7) is 4.73. The Morgan fingerprint density at radius 2 is 1.61 bits per heavy atom. The Balaban J connectivity index is 1.56. The van der Waals surface area contributed by atoms with E-state index < -0.39 is 17.8 Å². The topological polar surface area (TPSA) is 94.2 Å². The van der Waals surface area contributed by atoms with Crippen LogP contribution in [0.1, 0.15) is 25.0 Å². The fraction of sp³-hybridized carbons (Fsp3) is 0.179. The lowest BCUT2D eigenvalue weighted by Gasteiger charge is -2.26. The summed E-state index contributed by atoms with van der Waals surface area (Å²) in [5.74, 6) is -0.277. The van der Waals surface area contributed by atoms with Gasteiger partial charge in [0.2, 0.25) is 0 Å². The number of benzene rings is 3. The second kappa shape index (κ2) is 12.1. The quantitative estimate of drug-likeness (QED) is 0.234. The van der Waals surface area contributed by atoms with Gasteiger partial charge < -0.3 is 14.2 Å². The van der Waals surface area contributed by atoms with E-state index in [2.05, 4.69) is 21.2 Å². The first-order valence-corrected chi connectivity index (χ1v) is 13.0. The number of nitrogens with zero attached hydrogens (tertiary/aromatic N) is 1. The Labute approximate surface area is 233 Å². The minimum atomic E-state index is -0.847. The number of rotatable bonds is 9. The number of halogens is 2. The van der Waals surface area contributed by atoms with Gasteiger partial charge in [0.15, 0.2) is 11.5 Å². The Morgan fingerprint density at radius 1 is 0.921 bits per heavy atom. The highest BCUT2D eigenvalue weighted by Gasteiger charge is 2.37. The second-order valence-electron chi connectivity index (χ2n) is 8.06. The molecule has 0 radical (unpaired) electrons. The van der Waals surface area contributed by atoms with Crippen LogP contribution in [0.5, 0.6) is 17.2 Å². The van der Waals surface area contributed by atoms with Crippen molar-refractivity contribution in [3.63, 3.8) is 0 Å². The fourth-order valence-corrected chi connectivity index (χ4v) is 4.25. The highest BCUT2D eigenvalue weighted by Crippen LogP contribution is 2.37. The summed E-state index contributed by atoms with van der Waals surface area (Å²) >= 11 is 9.77. The molecular formula is C28H24BrClN2O6. The number of amides is 4. The number of carbonyl (C=O) groups is 3. The SMILES string of the molecule is CCOc1cc(/C=C2\C(=O)NC(=O)N(c3ccc(OCc4ccc(Br)cc4)cc3)C2=O)cc(Cl)c1OCC. The first-order chi connectivity index (χ1) is 18.3. The molecule has 1 heterocycles. The molecule has 38 heavy (non-hydrogen) atoms. The van der Waals surface area contributed by atoms with E-state index in [1.807, 2.05) is 38.1 Å². The number of carbonyl (C=O) groups excluding carboxylic acids is 3. The standard InChI is InChI=1S/C28H24BrClN2O6/c1-3-36-24-15-18(14-23(30)25(24)37-4-2)13-22-26(33)31-28(35)32(27(22)34)20-9-11-21(12-10-20)38-16-17-5-7-19(29)8-6-17/h5-15H,3-4,16H2,1-2H3,(H,31,33,35)/b22-13+. The minimum Gasteiger partial charge on any atom is -0.490 e. The molecule has 1 fully saturated rings. The summed E-state index contributed by atoms with van der Waals surface area (Å²) in [4.78, 5) is 39.4. The van der Waals surface area contributed by atoms with Gasteiger partial charge in [0.25, 0.3) is 11.8 Å². The van der Waals surface area contributed by atoms with E-state index in [0.717, 1.165) is 14.9 Å². The molecule has 3 aromatic carbocycles. The Morgan fingerprint density at radius 3 is 2.26 bits per heavy atom. The molecule has 0 aliphatic carbocycles. The second-order valence-corrected chi connectivity index (χ2v) is 9.39. The van der Waals surface area contributed by atoms with Crippen molar-refractivity contribution < 1.29 is 28.6 Å². The number of imide groups is 2. The molecule has 0 spiro atoms. The lowest BCUT2D eigenvalue weighted by Crippen LogP contribution is -2.54. The van der Waals surface area contributed by atoms with Crippen LogP contribution in [0.4, 0.5) is 10.5 Å². The van der Waals surface area contributed by atoms with Crippen LogP contribution in [-0.2, 0) is 16.2 Å². The molecule has 0 bridgehead atoms. The molecule has 0 aromatic heterocycles. The zero-order chi connectivity index (χ0) is 27.2. The maximum Gasteiger partial charge on any atom is 0.335 e. The van der Waals surface area contributed by atoms with E-state index in [1.54, 1.807) is 36.4 Å². The van der Waals surface area contributed by atoms with E-state index >= 15 is 0 Å². The van der Waals surface area contributed by atoms with E-state index in [4.69, 9.17) is 25.8 Å². The molecular weight excluding hydrogens is 576 g/mol. The summed E-state index contributed by atoms with van der Waals surface area (Å²) < 4.78 is 18.0.